The maximum Gasteiger partial charge on any atom is 0.203 e. The molecule has 0 amide bonds. The molecule has 1 fully saturated rings. The molecule has 6 nitrogen and oxygen atoms in total. The Kier molecular flexibility index (Phi) is 8.74. The van der Waals surface area contributed by atoms with Crippen molar-refractivity contribution in [1.82, 2.24) is 10.2 Å². The standard InChI is InChI=1S/C22H37N3O3/c1-7-23-22(25-13-11-17(15-25)14-16(2)3)24-12-10-18-8-9-19(26-4)21(28-6)20(18)27-5/h8-9,16-17H,7,10-15H2,1-6H3,(H,23,24). The van der Waals surface area contributed by atoms with Gasteiger partial charge in [-0.25, -0.2) is 0 Å². The second-order valence-corrected chi connectivity index (χ2v) is 7.71. The fourth-order valence-electron chi connectivity index (χ4n) is 3.95. The van der Waals surface area contributed by atoms with E-state index in [0.717, 1.165) is 55.2 Å². The van der Waals surface area contributed by atoms with Crippen molar-refractivity contribution in [2.45, 2.75) is 40.0 Å². The molecule has 0 aliphatic carbocycles. The van der Waals surface area contributed by atoms with Crippen LogP contribution in [-0.4, -0.2) is 58.4 Å². The van der Waals surface area contributed by atoms with E-state index in [1.165, 1.54) is 12.8 Å². The van der Waals surface area contributed by atoms with Crippen LogP contribution in [0.1, 0.15) is 39.2 Å². The molecular formula is C22H37N3O3. The van der Waals surface area contributed by atoms with E-state index >= 15 is 0 Å². The van der Waals surface area contributed by atoms with E-state index in [-0.39, 0.29) is 0 Å². The number of methoxy groups -OCH3 is 3. The number of likely N-dealkylation sites (tertiary alicyclic amines) is 1. The maximum absolute atomic E-state index is 5.59. The molecule has 0 bridgehead atoms. The Morgan fingerprint density at radius 1 is 1.18 bits per heavy atom. The first-order valence-electron chi connectivity index (χ1n) is 10.3. The van der Waals surface area contributed by atoms with E-state index in [9.17, 15) is 0 Å². The zero-order valence-electron chi connectivity index (χ0n) is 18.4. The van der Waals surface area contributed by atoms with E-state index in [0.29, 0.717) is 18.0 Å². The highest BCUT2D eigenvalue weighted by Gasteiger charge is 2.25. The Labute approximate surface area is 170 Å². The first-order valence-corrected chi connectivity index (χ1v) is 10.3. The van der Waals surface area contributed by atoms with Gasteiger partial charge in [0.15, 0.2) is 17.5 Å². The normalized spacial score (nSPS) is 17.2. The van der Waals surface area contributed by atoms with Gasteiger partial charge in [0.25, 0.3) is 0 Å². The summed E-state index contributed by atoms with van der Waals surface area (Å²) in [6, 6.07) is 3.94. The van der Waals surface area contributed by atoms with Gasteiger partial charge in [0, 0.05) is 31.7 Å². The molecule has 1 heterocycles. The molecular weight excluding hydrogens is 354 g/mol. The number of ether oxygens (including phenoxy) is 3. The highest BCUT2D eigenvalue weighted by atomic mass is 16.5. The van der Waals surface area contributed by atoms with Gasteiger partial charge in [-0.2, -0.15) is 0 Å². The number of aliphatic imine (C=N–C) groups is 1. The maximum atomic E-state index is 5.59. The molecule has 1 atom stereocenters. The average molecular weight is 392 g/mol. The third-order valence-corrected chi connectivity index (χ3v) is 5.15. The zero-order chi connectivity index (χ0) is 20.5. The smallest absolute Gasteiger partial charge is 0.203 e. The molecule has 1 aliphatic rings. The summed E-state index contributed by atoms with van der Waals surface area (Å²) in [5, 5.41) is 3.45. The minimum Gasteiger partial charge on any atom is -0.493 e. The highest BCUT2D eigenvalue weighted by Crippen LogP contribution is 2.39. The van der Waals surface area contributed by atoms with Crippen molar-refractivity contribution < 1.29 is 14.2 Å². The Morgan fingerprint density at radius 2 is 1.93 bits per heavy atom. The zero-order valence-corrected chi connectivity index (χ0v) is 18.4. The Morgan fingerprint density at radius 3 is 2.54 bits per heavy atom. The van der Waals surface area contributed by atoms with Crippen LogP contribution in [0.15, 0.2) is 17.1 Å². The SMILES string of the molecule is CCNC(=NCCc1ccc(OC)c(OC)c1OC)N1CCC(CC(C)C)C1. The largest absolute Gasteiger partial charge is 0.493 e. The van der Waals surface area contributed by atoms with Crippen LogP contribution in [0.4, 0.5) is 0 Å². The van der Waals surface area contributed by atoms with Crippen molar-refractivity contribution in [3.63, 3.8) is 0 Å². The molecule has 0 aromatic heterocycles. The number of nitrogens with one attached hydrogen (secondary N) is 1. The van der Waals surface area contributed by atoms with E-state index < -0.39 is 0 Å². The predicted octanol–water partition coefficient (Wildman–Crippen LogP) is 3.59. The van der Waals surface area contributed by atoms with Gasteiger partial charge in [0.05, 0.1) is 21.3 Å². The van der Waals surface area contributed by atoms with Crippen LogP contribution in [-0.2, 0) is 6.42 Å². The number of rotatable bonds is 9. The second kappa shape index (κ2) is 11.0. The lowest BCUT2D eigenvalue weighted by Gasteiger charge is -2.22. The van der Waals surface area contributed by atoms with Crippen LogP contribution in [0, 0.1) is 11.8 Å². The van der Waals surface area contributed by atoms with Crippen LogP contribution >= 0.6 is 0 Å². The molecule has 0 saturated carbocycles. The molecule has 1 aromatic carbocycles. The second-order valence-electron chi connectivity index (χ2n) is 7.71. The summed E-state index contributed by atoms with van der Waals surface area (Å²) in [6.45, 7) is 10.5. The molecule has 1 N–H and O–H groups in total. The van der Waals surface area contributed by atoms with E-state index in [2.05, 4.69) is 31.0 Å². The van der Waals surface area contributed by atoms with Crippen molar-refractivity contribution in [3.8, 4) is 17.2 Å². The molecule has 0 spiro atoms. The van der Waals surface area contributed by atoms with Gasteiger partial charge in [-0.15, -0.1) is 0 Å². The van der Waals surface area contributed by atoms with Gasteiger partial charge in [-0.1, -0.05) is 19.9 Å². The van der Waals surface area contributed by atoms with Crippen molar-refractivity contribution in [3.05, 3.63) is 17.7 Å². The van der Waals surface area contributed by atoms with Crippen molar-refractivity contribution in [1.29, 1.82) is 0 Å². The molecule has 1 unspecified atom stereocenters. The van der Waals surface area contributed by atoms with Crippen molar-refractivity contribution >= 4 is 5.96 Å². The van der Waals surface area contributed by atoms with Gasteiger partial charge >= 0.3 is 0 Å². The summed E-state index contributed by atoms with van der Waals surface area (Å²) in [4.78, 5) is 7.29. The summed E-state index contributed by atoms with van der Waals surface area (Å²) in [6.07, 6.45) is 3.33. The van der Waals surface area contributed by atoms with Crippen LogP contribution in [0.3, 0.4) is 0 Å². The van der Waals surface area contributed by atoms with Crippen LogP contribution in [0.25, 0.3) is 0 Å². The van der Waals surface area contributed by atoms with Gasteiger partial charge in [-0.3, -0.25) is 4.99 Å². The van der Waals surface area contributed by atoms with Crippen LogP contribution in [0.5, 0.6) is 17.2 Å². The fourth-order valence-corrected chi connectivity index (χ4v) is 3.95. The fraction of sp³-hybridized carbons (Fsp3) is 0.682. The van der Waals surface area contributed by atoms with Gasteiger partial charge < -0.3 is 24.4 Å². The lowest BCUT2D eigenvalue weighted by molar-refractivity contribution is 0.322. The van der Waals surface area contributed by atoms with Gasteiger partial charge in [-0.05, 0) is 44.1 Å². The van der Waals surface area contributed by atoms with Crippen molar-refractivity contribution in [2.75, 3.05) is 47.5 Å². The van der Waals surface area contributed by atoms with E-state index in [4.69, 9.17) is 19.2 Å². The minimum absolute atomic E-state index is 0.634. The lowest BCUT2D eigenvalue weighted by atomic mass is 9.97. The van der Waals surface area contributed by atoms with Crippen LogP contribution < -0.4 is 19.5 Å². The Balaban J connectivity index is 2.06. The molecule has 1 aliphatic heterocycles. The molecule has 0 radical (unpaired) electrons. The topological polar surface area (TPSA) is 55.3 Å². The van der Waals surface area contributed by atoms with E-state index in [1.54, 1.807) is 21.3 Å². The first kappa shape index (κ1) is 22.2. The van der Waals surface area contributed by atoms with Gasteiger partial charge in [0.1, 0.15) is 0 Å². The summed E-state index contributed by atoms with van der Waals surface area (Å²) < 4.78 is 16.4. The molecule has 1 saturated heterocycles. The summed E-state index contributed by atoms with van der Waals surface area (Å²) in [5.41, 5.74) is 1.07. The summed E-state index contributed by atoms with van der Waals surface area (Å²) in [5.74, 6) is 4.58. The minimum atomic E-state index is 0.634. The first-order chi connectivity index (χ1) is 13.5. The summed E-state index contributed by atoms with van der Waals surface area (Å²) in [7, 11) is 4.92. The lowest BCUT2D eigenvalue weighted by Crippen LogP contribution is -2.40. The summed E-state index contributed by atoms with van der Waals surface area (Å²) >= 11 is 0. The number of nitrogens with zero attached hydrogens (tertiary/aromatic N) is 2. The average Bonchev–Trinajstić information content (AvgIpc) is 3.14. The number of benzene rings is 1. The predicted molar refractivity (Wildman–Crippen MR) is 115 cm³/mol. The molecule has 2 rings (SSSR count). The molecule has 28 heavy (non-hydrogen) atoms. The third kappa shape index (κ3) is 5.69. The quantitative estimate of drug-likeness (QED) is 0.515. The highest BCUT2D eigenvalue weighted by molar-refractivity contribution is 5.80. The van der Waals surface area contributed by atoms with E-state index in [1.807, 2.05) is 12.1 Å². The third-order valence-electron chi connectivity index (χ3n) is 5.15. The number of hydrogen-bond donors (Lipinski definition) is 1. The Bertz CT molecular complexity index is 646. The van der Waals surface area contributed by atoms with Crippen LogP contribution in [0.2, 0.25) is 0 Å². The monoisotopic (exact) mass is 391 g/mol. The molecule has 158 valence electrons. The Hall–Kier alpha value is -2.11. The number of hydrogen-bond acceptors (Lipinski definition) is 4. The van der Waals surface area contributed by atoms with Gasteiger partial charge in [0.2, 0.25) is 5.75 Å². The molecule has 6 heteroatoms. The van der Waals surface area contributed by atoms with Crippen molar-refractivity contribution in [2.24, 2.45) is 16.8 Å². The number of guanidine groups is 1. The molecule has 1 aromatic rings.